The van der Waals surface area contributed by atoms with E-state index in [1.165, 1.54) is 4.52 Å². The molecule has 4 aromatic rings. The highest BCUT2D eigenvalue weighted by Gasteiger charge is 2.13. The molecule has 0 radical (unpaired) electrons. The molecule has 0 amide bonds. The molecule has 142 valence electrons. The zero-order chi connectivity index (χ0) is 19.5. The van der Waals surface area contributed by atoms with E-state index in [0.29, 0.717) is 11.5 Å². The lowest BCUT2D eigenvalue weighted by Gasteiger charge is -2.22. The molecule has 0 aliphatic rings. The molecule has 7 heteroatoms. The van der Waals surface area contributed by atoms with Crippen LogP contribution in [0.4, 0.5) is 5.69 Å². The average Bonchev–Trinajstić information content (AvgIpc) is 3.11. The summed E-state index contributed by atoms with van der Waals surface area (Å²) in [5, 5.41) is 12.3. The summed E-state index contributed by atoms with van der Waals surface area (Å²) in [7, 11) is 0. The van der Waals surface area contributed by atoms with Crippen LogP contribution < -0.4 is 9.64 Å². The predicted octanol–water partition coefficient (Wildman–Crippen LogP) is 5.08. The van der Waals surface area contributed by atoms with Gasteiger partial charge in [-0.05, 0) is 55.3 Å². The molecule has 2 aromatic carbocycles. The molecule has 0 bridgehead atoms. The van der Waals surface area contributed by atoms with Gasteiger partial charge in [-0.3, -0.25) is 0 Å². The van der Waals surface area contributed by atoms with Gasteiger partial charge in [0.05, 0.1) is 0 Å². The van der Waals surface area contributed by atoms with Crippen molar-refractivity contribution in [3.05, 3.63) is 65.9 Å². The van der Waals surface area contributed by atoms with Crippen molar-refractivity contribution in [2.24, 2.45) is 0 Å². The van der Waals surface area contributed by atoms with E-state index in [-0.39, 0.29) is 5.28 Å². The van der Waals surface area contributed by atoms with Crippen molar-refractivity contribution in [2.45, 2.75) is 13.8 Å². The summed E-state index contributed by atoms with van der Waals surface area (Å²) in [5.41, 5.74) is 3.80. The Bertz CT molecular complexity index is 1090. The number of halogens is 1. The van der Waals surface area contributed by atoms with Crippen LogP contribution in [0.15, 0.2) is 60.7 Å². The number of hydrogen-bond acceptors (Lipinski definition) is 5. The topological polar surface area (TPSA) is 55.5 Å². The van der Waals surface area contributed by atoms with Gasteiger partial charge in [-0.15, -0.1) is 15.3 Å². The monoisotopic (exact) mass is 393 g/mol. The molecule has 0 aliphatic carbocycles. The lowest BCUT2D eigenvalue weighted by Crippen LogP contribution is -2.21. The Balaban J connectivity index is 1.77. The molecular weight excluding hydrogens is 374 g/mol. The summed E-state index contributed by atoms with van der Waals surface area (Å²) in [6.45, 7) is 6.18. The Morgan fingerprint density at radius 2 is 1.75 bits per heavy atom. The SMILES string of the molecule is CCN(CC)c1ccc(Oc2ccc3nnc(Cl)n3n2)c(-c2ccccc2)c1. The Labute approximate surface area is 168 Å². The summed E-state index contributed by atoms with van der Waals surface area (Å²) in [5.74, 6) is 1.14. The third kappa shape index (κ3) is 3.51. The van der Waals surface area contributed by atoms with E-state index >= 15 is 0 Å². The normalized spacial score (nSPS) is 11.0. The van der Waals surface area contributed by atoms with E-state index in [1.54, 1.807) is 12.1 Å². The molecule has 6 nitrogen and oxygen atoms in total. The van der Waals surface area contributed by atoms with Gasteiger partial charge in [-0.1, -0.05) is 30.3 Å². The average molecular weight is 394 g/mol. The first-order valence-corrected chi connectivity index (χ1v) is 9.57. The fourth-order valence-electron chi connectivity index (χ4n) is 3.15. The maximum absolute atomic E-state index is 6.13. The molecule has 0 aliphatic heterocycles. The summed E-state index contributed by atoms with van der Waals surface area (Å²) in [4.78, 5) is 2.30. The number of anilines is 1. The first kappa shape index (κ1) is 18.3. The first-order valence-electron chi connectivity index (χ1n) is 9.19. The number of hydrogen-bond donors (Lipinski definition) is 0. The second kappa shape index (κ2) is 7.86. The predicted molar refractivity (Wildman–Crippen MR) is 111 cm³/mol. The molecule has 0 fully saturated rings. The van der Waals surface area contributed by atoms with Gasteiger partial charge in [0.1, 0.15) is 5.75 Å². The van der Waals surface area contributed by atoms with Gasteiger partial charge in [0.2, 0.25) is 11.2 Å². The van der Waals surface area contributed by atoms with Crippen LogP contribution in [0.2, 0.25) is 5.28 Å². The number of benzene rings is 2. The Morgan fingerprint density at radius 3 is 2.50 bits per heavy atom. The van der Waals surface area contributed by atoms with Crippen LogP contribution in [-0.2, 0) is 0 Å². The van der Waals surface area contributed by atoms with Crippen LogP contribution >= 0.6 is 11.6 Å². The van der Waals surface area contributed by atoms with Crippen LogP contribution in [0.3, 0.4) is 0 Å². The second-order valence-corrected chi connectivity index (χ2v) is 6.57. The number of ether oxygens (including phenoxy) is 1. The van der Waals surface area contributed by atoms with Crippen molar-refractivity contribution in [1.29, 1.82) is 0 Å². The molecule has 2 aromatic heterocycles. The van der Waals surface area contributed by atoms with E-state index in [1.807, 2.05) is 24.3 Å². The van der Waals surface area contributed by atoms with Gasteiger partial charge in [0, 0.05) is 30.4 Å². The van der Waals surface area contributed by atoms with Crippen molar-refractivity contribution in [3.8, 4) is 22.8 Å². The molecule has 0 saturated heterocycles. The molecule has 2 heterocycles. The fraction of sp³-hybridized carbons (Fsp3) is 0.190. The minimum absolute atomic E-state index is 0.195. The zero-order valence-electron chi connectivity index (χ0n) is 15.7. The minimum atomic E-state index is 0.195. The van der Waals surface area contributed by atoms with Crippen LogP contribution in [-0.4, -0.2) is 32.9 Å². The van der Waals surface area contributed by atoms with Gasteiger partial charge in [0.25, 0.3) is 0 Å². The highest BCUT2D eigenvalue weighted by molar-refractivity contribution is 6.28. The van der Waals surface area contributed by atoms with Gasteiger partial charge in [0.15, 0.2) is 5.65 Å². The standard InChI is InChI=1S/C21H20ClN5O/c1-3-26(4-2)16-10-11-18(17(14-16)15-8-6-5-7-9-15)28-20-13-12-19-23-24-21(22)27(19)25-20/h5-14H,3-4H2,1-2H3. The number of aromatic nitrogens is 4. The molecule has 0 saturated carbocycles. The van der Waals surface area contributed by atoms with Gasteiger partial charge >= 0.3 is 0 Å². The van der Waals surface area contributed by atoms with Crippen molar-refractivity contribution in [1.82, 2.24) is 19.8 Å². The van der Waals surface area contributed by atoms with Crippen molar-refractivity contribution in [3.63, 3.8) is 0 Å². The zero-order valence-corrected chi connectivity index (χ0v) is 16.5. The van der Waals surface area contributed by atoms with E-state index in [4.69, 9.17) is 16.3 Å². The van der Waals surface area contributed by atoms with E-state index in [9.17, 15) is 0 Å². The largest absolute Gasteiger partial charge is 0.437 e. The number of rotatable bonds is 6. The van der Waals surface area contributed by atoms with E-state index < -0.39 is 0 Å². The summed E-state index contributed by atoms with van der Waals surface area (Å²) < 4.78 is 7.58. The third-order valence-corrected chi connectivity index (χ3v) is 4.83. The quantitative estimate of drug-likeness (QED) is 0.457. The highest BCUT2D eigenvalue weighted by atomic mass is 35.5. The van der Waals surface area contributed by atoms with E-state index in [0.717, 1.165) is 35.7 Å². The summed E-state index contributed by atoms with van der Waals surface area (Å²) in [6, 6.07) is 19.9. The van der Waals surface area contributed by atoms with Crippen molar-refractivity contribution in [2.75, 3.05) is 18.0 Å². The van der Waals surface area contributed by atoms with Crippen LogP contribution in [0, 0.1) is 0 Å². The fourth-order valence-corrected chi connectivity index (χ4v) is 3.31. The Kier molecular flexibility index (Phi) is 5.12. The van der Waals surface area contributed by atoms with Crippen molar-refractivity contribution < 1.29 is 4.74 Å². The highest BCUT2D eigenvalue weighted by Crippen LogP contribution is 2.36. The van der Waals surface area contributed by atoms with Gasteiger partial charge < -0.3 is 9.64 Å². The Morgan fingerprint density at radius 1 is 0.964 bits per heavy atom. The van der Waals surface area contributed by atoms with Gasteiger partial charge in [-0.25, -0.2) is 0 Å². The lowest BCUT2D eigenvalue weighted by molar-refractivity contribution is 0.454. The number of nitrogens with zero attached hydrogens (tertiary/aromatic N) is 5. The maximum atomic E-state index is 6.13. The van der Waals surface area contributed by atoms with Crippen LogP contribution in [0.25, 0.3) is 16.8 Å². The molecule has 0 atom stereocenters. The number of fused-ring (bicyclic) bond motifs is 1. The Hall–Kier alpha value is -3.12. The van der Waals surface area contributed by atoms with Crippen LogP contribution in [0.5, 0.6) is 11.6 Å². The molecule has 0 N–H and O–H groups in total. The molecule has 4 rings (SSSR count). The minimum Gasteiger partial charge on any atom is -0.437 e. The maximum Gasteiger partial charge on any atom is 0.246 e. The van der Waals surface area contributed by atoms with Gasteiger partial charge in [-0.2, -0.15) is 4.52 Å². The summed E-state index contributed by atoms with van der Waals surface area (Å²) in [6.07, 6.45) is 0. The third-order valence-electron chi connectivity index (χ3n) is 4.59. The smallest absolute Gasteiger partial charge is 0.246 e. The molecule has 28 heavy (non-hydrogen) atoms. The van der Waals surface area contributed by atoms with E-state index in [2.05, 4.69) is 58.3 Å². The lowest BCUT2D eigenvalue weighted by atomic mass is 10.0. The molecular formula is C21H20ClN5O. The van der Waals surface area contributed by atoms with Crippen molar-refractivity contribution >= 4 is 22.9 Å². The second-order valence-electron chi connectivity index (χ2n) is 6.23. The summed E-state index contributed by atoms with van der Waals surface area (Å²) >= 11 is 6.03. The van der Waals surface area contributed by atoms with Crippen LogP contribution in [0.1, 0.15) is 13.8 Å². The molecule has 0 unspecified atom stereocenters. The molecule has 0 spiro atoms. The first-order chi connectivity index (χ1) is 13.7.